The number of amides is 1. The fraction of sp³-hybridized carbons (Fsp3) is 0.533. The van der Waals surface area contributed by atoms with E-state index in [1.54, 1.807) is 6.92 Å². The van der Waals surface area contributed by atoms with Gasteiger partial charge in [0.25, 0.3) is 0 Å². The molecule has 0 N–H and O–H groups in total. The summed E-state index contributed by atoms with van der Waals surface area (Å²) >= 11 is 7.45. The Kier molecular flexibility index (Phi) is 4.78. The monoisotopic (exact) mass is 339 g/mol. The number of carbonyl (C=O) groups is 1. The van der Waals surface area contributed by atoms with E-state index in [2.05, 4.69) is 10.1 Å². The van der Waals surface area contributed by atoms with Gasteiger partial charge in [0, 0.05) is 37.2 Å². The smallest absolute Gasteiger partial charge is 0.223 e. The van der Waals surface area contributed by atoms with Crippen LogP contribution < -0.4 is 0 Å². The number of thiophene rings is 1. The topological polar surface area (TPSA) is 59.2 Å². The third-order valence-corrected chi connectivity index (χ3v) is 5.19. The first-order valence-electron chi connectivity index (χ1n) is 7.44. The summed E-state index contributed by atoms with van der Waals surface area (Å²) in [7, 11) is 0. The SMILES string of the molecule is Cc1nc([C@H]2CCCN(C(=O)CCc3ccc(Cl)s3)C2)no1. The lowest BCUT2D eigenvalue weighted by molar-refractivity contribution is -0.132. The van der Waals surface area contributed by atoms with E-state index in [0.717, 1.165) is 40.8 Å². The minimum absolute atomic E-state index is 0.186. The minimum atomic E-state index is 0.186. The lowest BCUT2D eigenvalue weighted by Crippen LogP contribution is -2.39. The van der Waals surface area contributed by atoms with Gasteiger partial charge >= 0.3 is 0 Å². The van der Waals surface area contributed by atoms with Crippen molar-refractivity contribution in [2.75, 3.05) is 13.1 Å². The number of aromatic nitrogens is 2. The molecular formula is C15H18ClN3O2S. The summed E-state index contributed by atoms with van der Waals surface area (Å²) in [5.41, 5.74) is 0. The number of nitrogens with zero attached hydrogens (tertiary/aromatic N) is 3. The first-order chi connectivity index (χ1) is 10.6. The van der Waals surface area contributed by atoms with Crippen LogP contribution in [-0.2, 0) is 11.2 Å². The Hall–Kier alpha value is -1.40. The molecule has 118 valence electrons. The summed E-state index contributed by atoms with van der Waals surface area (Å²) in [6.07, 6.45) is 3.26. The van der Waals surface area contributed by atoms with Crippen LogP contribution in [0.15, 0.2) is 16.7 Å². The predicted molar refractivity (Wildman–Crippen MR) is 85.2 cm³/mol. The fourth-order valence-electron chi connectivity index (χ4n) is 2.77. The van der Waals surface area contributed by atoms with E-state index in [0.29, 0.717) is 18.9 Å². The van der Waals surface area contributed by atoms with E-state index in [4.69, 9.17) is 16.1 Å². The van der Waals surface area contributed by atoms with Crippen molar-refractivity contribution in [3.63, 3.8) is 0 Å². The van der Waals surface area contributed by atoms with E-state index in [1.807, 2.05) is 17.0 Å². The lowest BCUT2D eigenvalue weighted by Gasteiger charge is -2.31. The quantitative estimate of drug-likeness (QED) is 0.856. The molecule has 0 spiro atoms. The van der Waals surface area contributed by atoms with Crippen LogP contribution in [0.5, 0.6) is 0 Å². The minimum Gasteiger partial charge on any atom is -0.342 e. The Balaban J connectivity index is 1.55. The number of hydrogen-bond donors (Lipinski definition) is 0. The van der Waals surface area contributed by atoms with E-state index in [1.165, 1.54) is 11.3 Å². The zero-order chi connectivity index (χ0) is 15.5. The molecule has 3 heterocycles. The van der Waals surface area contributed by atoms with Gasteiger partial charge in [-0.1, -0.05) is 16.8 Å². The van der Waals surface area contributed by atoms with Gasteiger partial charge in [-0.2, -0.15) is 4.98 Å². The first-order valence-corrected chi connectivity index (χ1v) is 8.63. The Morgan fingerprint density at radius 1 is 1.55 bits per heavy atom. The summed E-state index contributed by atoms with van der Waals surface area (Å²) in [6, 6.07) is 3.86. The van der Waals surface area contributed by atoms with Crippen LogP contribution in [0.3, 0.4) is 0 Å². The molecule has 0 aliphatic carbocycles. The third kappa shape index (κ3) is 3.67. The number of piperidine rings is 1. The Labute approximate surface area is 138 Å². The van der Waals surface area contributed by atoms with Gasteiger partial charge in [-0.15, -0.1) is 11.3 Å². The maximum absolute atomic E-state index is 12.4. The van der Waals surface area contributed by atoms with Gasteiger partial charge in [0.1, 0.15) is 0 Å². The van der Waals surface area contributed by atoms with Gasteiger partial charge in [-0.3, -0.25) is 4.79 Å². The van der Waals surface area contributed by atoms with Gasteiger partial charge in [-0.25, -0.2) is 0 Å². The van der Waals surface area contributed by atoms with E-state index < -0.39 is 0 Å². The van der Waals surface area contributed by atoms with Gasteiger partial charge in [0.15, 0.2) is 5.82 Å². The molecule has 1 amide bonds. The first kappa shape index (κ1) is 15.5. The highest BCUT2D eigenvalue weighted by Crippen LogP contribution is 2.26. The average molecular weight is 340 g/mol. The van der Waals surface area contributed by atoms with Crippen LogP contribution in [0.4, 0.5) is 0 Å². The molecule has 1 aliphatic rings. The zero-order valence-electron chi connectivity index (χ0n) is 12.4. The van der Waals surface area contributed by atoms with Gasteiger partial charge < -0.3 is 9.42 Å². The number of aryl methyl sites for hydroxylation is 2. The summed E-state index contributed by atoms with van der Waals surface area (Å²) < 4.78 is 5.82. The molecule has 0 saturated carbocycles. The van der Waals surface area contributed by atoms with E-state index in [9.17, 15) is 4.79 Å². The molecule has 7 heteroatoms. The summed E-state index contributed by atoms with van der Waals surface area (Å²) in [6.45, 7) is 3.29. The van der Waals surface area contributed by atoms with Crippen molar-refractivity contribution < 1.29 is 9.32 Å². The van der Waals surface area contributed by atoms with Crippen molar-refractivity contribution in [1.82, 2.24) is 15.0 Å². The van der Waals surface area contributed by atoms with Crippen LogP contribution in [0.25, 0.3) is 0 Å². The number of halogens is 1. The molecule has 0 bridgehead atoms. The standard InChI is InChI=1S/C15H18ClN3O2S/c1-10-17-15(18-21-10)11-3-2-8-19(9-11)14(20)7-5-12-4-6-13(16)22-12/h4,6,11H,2-3,5,7-9H2,1H3/t11-/m0/s1. The van der Waals surface area contributed by atoms with Crippen LogP contribution in [-0.4, -0.2) is 34.0 Å². The van der Waals surface area contributed by atoms with Crippen molar-refractivity contribution in [2.45, 2.75) is 38.5 Å². The van der Waals surface area contributed by atoms with Crippen LogP contribution in [0.1, 0.15) is 41.8 Å². The molecular weight excluding hydrogens is 322 g/mol. The Bertz CT molecular complexity index is 655. The second kappa shape index (κ2) is 6.79. The molecule has 2 aromatic rings. The van der Waals surface area contributed by atoms with Crippen molar-refractivity contribution in [1.29, 1.82) is 0 Å². The summed E-state index contributed by atoms with van der Waals surface area (Å²) in [5, 5.41) is 3.99. The highest BCUT2D eigenvalue weighted by molar-refractivity contribution is 7.16. The van der Waals surface area contributed by atoms with Crippen molar-refractivity contribution in [2.24, 2.45) is 0 Å². The molecule has 1 saturated heterocycles. The van der Waals surface area contributed by atoms with Gasteiger partial charge in [0.2, 0.25) is 11.8 Å². The third-order valence-electron chi connectivity index (χ3n) is 3.90. The average Bonchev–Trinajstić information content (AvgIpc) is 3.13. The largest absolute Gasteiger partial charge is 0.342 e. The van der Waals surface area contributed by atoms with E-state index >= 15 is 0 Å². The number of hydrogen-bond acceptors (Lipinski definition) is 5. The summed E-state index contributed by atoms with van der Waals surface area (Å²) in [4.78, 5) is 19.8. The lowest BCUT2D eigenvalue weighted by atomic mass is 9.97. The van der Waals surface area contributed by atoms with Crippen molar-refractivity contribution in [3.05, 3.63) is 33.1 Å². The Morgan fingerprint density at radius 3 is 3.09 bits per heavy atom. The molecule has 1 aliphatic heterocycles. The number of likely N-dealkylation sites (tertiary alicyclic amines) is 1. The van der Waals surface area contributed by atoms with Crippen molar-refractivity contribution >= 4 is 28.8 Å². The second-order valence-corrected chi connectivity index (χ2v) is 7.36. The normalized spacial score (nSPS) is 18.6. The molecule has 3 rings (SSSR count). The second-order valence-electron chi connectivity index (χ2n) is 5.56. The van der Waals surface area contributed by atoms with Crippen LogP contribution in [0, 0.1) is 6.92 Å². The summed E-state index contributed by atoms with van der Waals surface area (Å²) in [5.74, 6) is 1.67. The molecule has 5 nitrogen and oxygen atoms in total. The maximum atomic E-state index is 12.4. The molecule has 0 radical (unpaired) electrons. The highest BCUT2D eigenvalue weighted by atomic mass is 35.5. The number of rotatable bonds is 4. The maximum Gasteiger partial charge on any atom is 0.223 e. The molecule has 0 unspecified atom stereocenters. The molecule has 22 heavy (non-hydrogen) atoms. The van der Waals surface area contributed by atoms with Gasteiger partial charge in [0.05, 0.1) is 4.34 Å². The predicted octanol–water partition coefficient (Wildman–Crippen LogP) is 3.43. The van der Waals surface area contributed by atoms with Crippen LogP contribution >= 0.6 is 22.9 Å². The fourth-order valence-corrected chi connectivity index (χ4v) is 3.86. The van der Waals surface area contributed by atoms with E-state index in [-0.39, 0.29) is 11.8 Å². The molecule has 2 aromatic heterocycles. The van der Waals surface area contributed by atoms with Crippen LogP contribution in [0.2, 0.25) is 4.34 Å². The molecule has 0 aromatic carbocycles. The molecule has 1 fully saturated rings. The van der Waals surface area contributed by atoms with Gasteiger partial charge in [-0.05, 0) is 31.4 Å². The highest BCUT2D eigenvalue weighted by Gasteiger charge is 2.27. The zero-order valence-corrected chi connectivity index (χ0v) is 14.0. The van der Waals surface area contributed by atoms with Crippen molar-refractivity contribution in [3.8, 4) is 0 Å². The Morgan fingerprint density at radius 2 is 2.41 bits per heavy atom. The molecule has 1 atom stereocenters. The number of carbonyl (C=O) groups excluding carboxylic acids is 1.